The fraction of sp³-hybridized carbons (Fsp3) is 0.409. The number of benzene rings is 2. The standard InChI is InChI=1S/C22H25Cl2NO6S/c1-30-22-8-15(12-26)2-5-21(22)31-13-19(27)11-25(18-6-7-32(28,29)14-18)10-16-3-4-17(23)9-20(16)24/h2-5,8-9,12,18-19,27H,6-7,10-11,13-14H2,1H3. The molecular weight excluding hydrogens is 477 g/mol. The van der Waals surface area contributed by atoms with Gasteiger partial charge in [0.25, 0.3) is 0 Å². The van der Waals surface area contributed by atoms with Gasteiger partial charge in [0.1, 0.15) is 19.0 Å². The molecule has 10 heteroatoms. The van der Waals surface area contributed by atoms with Crippen LogP contribution in [0.2, 0.25) is 10.0 Å². The number of aliphatic hydroxyl groups is 1. The lowest BCUT2D eigenvalue weighted by Gasteiger charge is -2.30. The summed E-state index contributed by atoms with van der Waals surface area (Å²) in [5, 5.41) is 11.7. The average molecular weight is 502 g/mol. The maximum Gasteiger partial charge on any atom is 0.161 e. The maximum atomic E-state index is 12.0. The summed E-state index contributed by atoms with van der Waals surface area (Å²) >= 11 is 12.3. The maximum absolute atomic E-state index is 12.0. The fourth-order valence-corrected chi connectivity index (χ4v) is 5.89. The molecule has 0 aromatic heterocycles. The van der Waals surface area contributed by atoms with Gasteiger partial charge in [-0.2, -0.15) is 0 Å². The molecule has 1 aliphatic heterocycles. The predicted molar refractivity (Wildman–Crippen MR) is 124 cm³/mol. The first-order valence-corrected chi connectivity index (χ1v) is 12.6. The van der Waals surface area contributed by atoms with Crippen molar-refractivity contribution in [2.45, 2.75) is 25.1 Å². The van der Waals surface area contributed by atoms with Crippen molar-refractivity contribution in [2.24, 2.45) is 0 Å². The second-order valence-corrected chi connectivity index (χ2v) is 10.8. The molecule has 1 fully saturated rings. The summed E-state index contributed by atoms with van der Waals surface area (Å²) in [5.74, 6) is 0.934. The van der Waals surface area contributed by atoms with E-state index in [4.69, 9.17) is 32.7 Å². The molecule has 0 saturated carbocycles. The average Bonchev–Trinajstić information content (AvgIpc) is 3.13. The van der Waals surface area contributed by atoms with E-state index in [-0.39, 0.29) is 30.7 Å². The SMILES string of the molecule is COc1cc(C=O)ccc1OCC(O)CN(Cc1ccc(Cl)cc1Cl)C1CCS(=O)(=O)C1. The van der Waals surface area contributed by atoms with Crippen LogP contribution in [0.3, 0.4) is 0 Å². The van der Waals surface area contributed by atoms with E-state index in [9.17, 15) is 18.3 Å². The third-order valence-electron chi connectivity index (χ3n) is 5.31. The number of sulfone groups is 1. The molecule has 0 amide bonds. The third-order valence-corrected chi connectivity index (χ3v) is 7.65. The fourth-order valence-electron chi connectivity index (χ4n) is 3.66. The second-order valence-electron chi connectivity index (χ2n) is 7.72. The Bertz CT molecular complexity index is 1060. The van der Waals surface area contributed by atoms with Crippen molar-refractivity contribution < 1.29 is 27.8 Å². The Morgan fingerprint density at radius 3 is 2.62 bits per heavy atom. The van der Waals surface area contributed by atoms with Gasteiger partial charge >= 0.3 is 0 Å². The van der Waals surface area contributed by atoms with Gasteiger partial charge in [-0.3, -0.25) is 9.69 Å². The minimum Gasteiger partial charge on any atom is -0.493 e. The van der Waals surface area contributed by atoms with Gasteiger partial charge in [-0.25, -0.2) is 8.42 Å². The molecule has 0 radical (unpaired) electrons. The van der Waals surface area contributed by atoms with Crippen LogP contribution in [0.25, 0.3) is 0 Å². The molecule has 0 spiro atoms. The van der Waals surface area contributed by atoms with Gasteiger partial charge in [0.05, 0.1) is 18.6 Å². The predicted octanol–water partition coefficient (Wildman–Crippen LogP) is 3.24. The number of hydrogen-bond donors (Lipinski definition) is 1. The second kappa shape index (κ2) is 10.9. The van der Waals surface area contributed by atoms with Crippen molar-refractivity contribution >= 4 is 39.3 Å². The number of aliphatic hydroxyl groups excluding tert-OH is 1. The summed E-state index contributed by atoms with van der Waals surface area (Å²) in [6.45, 7) is 0.513. The van der Waals surface area contributed by atoms with Crippen LogP contribution in [0.4, 0.5) is 0 Å². The van der Waals surface area contributed by atoms with Crippen LogP contribution in [0.15, 0.2) is 36.4 Å². The Balaban J connectivity index is 1.70. The van der Waals surface area contributed by atoms with E-state index in [2.05, 4.69) is 0 Å². The molecule has 174 valence electrons. The van der Waals surface area contributed by atoms with Crippen LogP contribution >= 0.6 is 23.2 Å². The van der Waals surface area contributed by atoms with E-state index in [0.29, 0.717) is 46.4 Å². The number of nitrogens with zero attached hydrogens (tertiary/aromatic N) is 1. The lowest BCUT2D eigenvalue weighted by molar-refractivity contribution is 0.0517. The van der Waals surface area contributed by atoms with Crippen molar-refractivity contribution in [2.75, 3.05) is 31.8 Å². The van der Waals surface area contributed by atoms with Crippen LogP contribution < -0.4 is 9.47 Å². The number of rotatable bonds is 10. The highest BCUT2D eigenvalue weighted by molar-refractivity contribution is 7.91. The van der Waals surface area contributed by atoms with E-state index < -0.39 is 15.9 Å². The van der Waals surface area contributed by atoms with Crippen molar-refractivity contribution in [3.8, 4) is 11.5 Å². The van der Waals surface area contributed by atoms with Crippen LogP contribution in [0.1, 0.15) is 22.3 Å². The van der Waals surface area contributed by atoms with Crippen molar-refractivity contribution in [3.05, 3.63) is 57.6 Å². The zero-order valence-electron chi connectivity index (χ0n) is 17.5. The Hall–Kier alpha value is -1.84. The molecule has 0 aliphatic carbocycles. The molecular formula is C22H25Cl2NO6S. The van der Waals surface area contributed by atoms with Gasteiger partial charge in [0.15, 0.2) is 21.3 Å². The van der Waals surface area contributed by atoms with Crippen LogP contribution in [0, 0.1) is 0 Å². The highest BCUT2D eigenvalue weighted by Gasteiger charge is 2.33. The van der Waals surface area contributed by atoms with Crippen LogP contribution in [0.5, 0.6) is 11.5 Å². The summed E-state index contributed by atoms with van der Waals surface area (Å²) in [6.07, 6.45) is 0.290. The topological polar surface area (TPSA) is 93.1 Å². The quantitative estimate of drug-likeness (QED) is 0.499. The Morgan fingerprint density at radius 2 is 2.00 bits per heavy atom. The van der Waals surface area contributed by atoms with Crippen molar-refractivity contribution in [1.29, 1.82) is 0 Å². The zero-order valence-corrected chi connectivity index (χ0v) is 19.9. The van der Waals surface area contributed by atoms with Gasteiger partial charge in [-0.1, -0.05) is 29.3 Å². The normalized spacial score (nSPS) is 18.5. The Kier molecular flexibility index (Phi) is 8.41. The third kappa shape index (κ3) is 6.59. The summed E-state index contributed by atoms with van der Waals surface area (Å²) < 4.78 is 35.0. The first-order chi connectivity index (χ1) is 15.2. The van der Waals surface area contributed by atoms with Gasteiger partial charge in [-0.15, -0.1) is 0 Å². The van der Waals surface area contributed by atoms with Gasteiger partial charge in [-0.05, 0) is 42.3 Å². The molecule has 0 bridgehead atoms. The van der Waals surface area contributed by atoms with Crippen LogP contribution in [-0.2, 0) is 16.4 Å². The minimum absolute atomic E-state index is 0.0345. The summed E-state index contributed by atoms with van der Waals surface area (Å²) in [4.78, 5) is 12.9. The van der Waals surface area contributed by atoms with E-state index in [0.717, 1.165) is 5.56 Å². The molecule has 1 heterocycles. The molecule has 2 aromatic carbocycles. The van der Waals surface area contributed by atoms with Gasteiger partial charge in [0, 0.05) is 34.7 Å². The number of halogens is 2. The van der Waals surface area contributed by atoms with Gasteiger partial charge in [0.2, 0.25) is 0 Å². The summed E-state index contributed by atoms with van der Waals surface area (Å²) in [6, 6.07) is 9.66. The first-order valence-electron chi connectivity index (χ1n) is 10.0. The lowest BCUT2D eigenvalue weighted by atomic mass is 10.1. The highest BCUT2D eigenvalue weighted by Crippen LogP contribution is 2.28. The molecule has 2 atom stereocenters. The van der Waals surface area contributed by atoms with E-state index in [1.165, 1.54) is 7.11 Å². The Labute approximate surface area is 197 Å². The molecule has 2 unspecified atom stereocenters. The molecule has 1 N–H and O–H groups in total. The smallest absolute Gasteiger partial charge is 0.161 e. The molecule has 2 aromatic rings. The van der Waals surface area contributed by atoms with Crippen LogP contribution in [-0.4, -0.2) is 68.6 Å². The number of ether oxygens (including phenoxy) is 2. The molecule has 7 nitrogen and oxygen atoms in total. The van der Waals surface area contributed by atoms with Gasteiger partial charge < -0.3 is 14.6 Å². The van der Waals surface area contributed by atoms with Crippen molar-refractivity contribution in [3.63, 3.8) is 0 Å². The zero-order chi connectivity index (χ0) is 23.3. The van der Waals surface area contributed by atoms with E-state index in [1.54, 1.807) is 36.4 Å². The van der Waals surface area contributed by atoms with E-state index >= 15 is 0 Å². The minimum atomic E-state index is -3.11. The molecule has 3 rings (SSSR count). The number of hydrogen-bond acceptors (Lipinski definition) is 7. The summed E-state index contributed by atoms with van der Waals surface area (Å²) in [7, 11) is -1.65. The number of carbonyl (C=O) groups is 1. The molecule has 32 heavy (non-hydrogen) atoms. The monoisotopic (exact) mass is 501 g/mol. The number of carbonyl (C=O) groups excluding carboxylic acids is 1. The van der Waals surface area contributed by atoms with E-state index in [1.807, 2.05) is 4.90 Å². The summed E-state index contributed by atoms with van der Waals surface area (Å²) in [5.41, 5.74) is 1.24. The molecule has 1 aliphatic rings. The lowest BCUT2D eigenvalue weighted by Crippen LogP contribution is -2.42. The largest absolute Gasteiger partial charge is 0.493 e. The highest BCUT2D eigenvalue weighted by atomic mass is 35.5. The number of methoxy groups -OCH3 is 1. The number of aldehydes is 1. The van der Waals surface area contributed by atoms with Crippen molar-refractivity contribution in [1.82, 2.24) is 4.90 Å². The Morgan fingerprint density at radius 1 is 1.22 bits per heavy atom. The first kappa shape index (κ1) is 24.8. The molecule has 1 saturated heterocycles.